The molecule has 0 aliphatic rings. The first-order valence-electron chi connectivity index (χ1n) is 6.78. The summed E-state index contributed by atoms with van der Waals surface area (Å²) in [5.41, 5.74) is 2.84. The topological polar surface area (TPSA) is 47.6 Å². The van der Waals surface area contributed by atoms with Crippen LogP contribution in [0.15, 0.2) is 53.0 Å². The van der Waals surface area contributed by atoms with Gasteiger partial charge in [0.15, 0.2) is 5.78 Å². The summed E-state index contributed by atoms with van der Waals surface area (Å²) in [6.07, 6.45) is 0. The molecule has 2 aromatic carbocycles. The van der Waals surface area contributed by atoms with Crippen LogP contribution in [0.4, 0.5) is 5.69 Å². The van der Waals surface area contributed by atoms with Crippen molar-refractivity contribution < 1.29 is 13.6 Å². The lowest BCUT2D eigenvalue weighted by molar-refractivity contribution is 0.268. The van der Waals surface area contributed by atoms with E-state index < -0.39 is 13.4 Å². The van der Waals surface area contributed by atoms with Gasteiger partial charge in [-0.15, -0.1) is 0 Å². The van der Waals surface area contributed by atoms with E-state index >= 15 is 0 Å². The molecule has 0 spiro atoms. The van der Waals surface area contributed by atoms with Gasteiger partial charge < -0.3 is 14.4 Å². The van der Waals surface area contributed by atoms with Gasteiger partial charge in [0.25, 0.3) is 0 Å². The largest absolute Gasteiger partial charge is 0.368 e. The molecular weight excluding hydrogens is 365 g/mol. The molecule has 1 unspecified atom stereocenters. The maximum Gasteiger partial charge on any atom is 0.356 e. The van der Waals surface area contributed by atoms with Gasteiger partial charge in [0.1, 0.15) is 0 Å². The Hall–Kier alpha value is -1.13. The van der Waals surface area contributed by atoms with E-state index in [2.05, 4.69) is 21.2 Å². The second-order valence-electron chi connectivity index (χ2n) is 4.87. The average Bonchev–Trinajstić information content (AvgIpc) is 2.54. The van der Waals surface area contributed by atoms with E-state index in [1.807, 2.05) is 55.5 Å². The molecule has 0 amide bonds. The fourth-order valence-electron chi connectivity index (χ4n) is 2.08. The van der Waals surface area contributed by atoms with E-state index in [0.717, 1.165) is 21.3 Å². The molecule has 0 aliphatic heterocycles. The predicted molar refractivity (Wildman–Crippen MR) is 93.3 cm³/mol. The number of nitrogens with one attached hydrogen (secondary N) is 1. The molecule has 6 heteroatoms. The molecule has 1 N–H and O–H groups in total. The molecule has 0 aromatic heterocycles. The zero-order valence-corrected chi connectivity index (χ0v) is 15.2. The Kier molecular flexibility index (Phi) is 5.81. The van der Waals surface area contributed by atoms with Gasteiger partial charge in [-0.3, -0.25) is 4.57 Å². The number of aryl methyl sites for hydroxylation is 1. The summed E-state index contributed by atoms with van der Waals surface area (Å²) in [5, 5.41) is 3.26. The normalized spacial score (nSPS) is 12.9. The van der Waals surface area contributed by atoms with Crippen LogP contribution in [0.2, 0.25) is 0 Å². The smallest absolute Gasteiger partial charge is 0.356 e. The third kappa shape index (κ3) is 3.99. The van der Waals surface area contributed by atoms with Crippen molar-refractivity contribution in [2.24, 2.45) is 0 Å². The van der Waals surface area contributed by atoms with Crippen LogP contribution in [0.3, 0.4) is 0 Å². The van der Waals surface area contributed by atoms with Crippen molar-refractivity contribution >= 4 is 29.2 Å². The Bertz CT molecular complexity index is 650. The van der Waals surface area contributed by atoms with Crippen molar-refractivity contribution in [3.05, 3.63) is 64.1 Å². The molecule has 4 nitrogen and oxygen atoms in total. The number of hydrogen-bond donors (Lipinski definition) is 1. The van der Waals surface area contributed by atoms with Crippen molar-refractivity contribution in [3.8, 4) is 0 Å². The molecule has 0 aliphatic carbocycles. The molecule has 1 atom stereocenters. The fraction of sp³-hybridized carbons (Fsp3) is 0.250. The molecule has 0 saturated carbocycles. The molecule has 2 rings (SSSR count). The minimum atomic E-state index is -3.33. The minimum absolute atomic E-state index is 0.585. The first-order valence-corrected chi connectivity index (χ1v) is 9.19. The maximum absolute atomic E-state index is 12.9. The first kappa shape index (κ1) is 17.2. The van der Waals surface area contributed by atoms with Crippen molar-refractivity contribution in [1.29, 1.82) is 0 Å². The van der Waals surface area contributed by atoms with Gasteiger partial charge in [-0.05, 0) is 36.8 Å². The molecule has 118 valence electrons. The van der Waals surface area contributed by atoms with Crippen molar-refractivity contribution in [2.75, 3.05) is 19.5 Å². The monoisotopic (exact) mass is 383 g/mol. The van der Waals surface area contributed by atoms with E-state index in [1.165, 1.54) is 14.2 Å². The third-order valence-corrected chi connectivity index (χ3v) is 5.97. The van der Waals surface area contributed by atoms with Crippen LogP contribution in [-0.2, 0) is 13.6 Å². The average molecular weight is 384 g/mol. The third-order valence-electron chi connectivity index (χ3n) is 3.37. The van der Waals surface area contributed by atoms with Crippen molar-refractivity contribution in [3.63, 3.8) is 0 Å². The summed E-state index contributed by atoms with van der Waals surface area (Å²) in [4.78, 5) is 0. The number of benzene rings is 2. The van der Waals surface area contributed by atoms with E-state index in [4.69, 9.17) is 9.05 Å². The Labute approximate surface area is 139 Å². The predicted octanol–water partition coefficient (Wildman–Crippen LogP) is 5.35. The van der Waals surface area contributed by atoms with Gasteiger partial charge in [0.05, 0.1) is 0 Å². The second-order valence-corrected chi connectivity index (χ2v) is 8.11. The lowest BCUT2D eigenvalue weighted by Gasteiger charge is -2.26. The van der Waals surface area contributed by atoms with Crippen LogP contribution in [0.5, 0.6) is 0 Å². The van der Waals surface area contributed by atoms with E-state index in [-0.39, 0.29) is 0 Å². The lowest BCUT2D eigenvalue weighted by atomic mass is 10.2. The van der Waals surface area contributed by atoms with Crippen molar-refractivity contribution in [1.82, 2.24) is 0 Å². The van der Waals surface area contributed by atoms with E-state index in [1.54, 1.807) is 0 Å². The quantitative estimate of drug-likeness (QED) is 0.682. The lowest BCUT2D eigenvalue weighted by Crippen LogP contribution is -2.13. The summed E-state index contributed by atoms with van der Waals surface area (Å²) in [7, 11) is -0.540. The summed E-state index contributed by atoms with van der Waals surface area (Å²) >= 11 is 3.40. The van der Waals surface area contributed by atoms with Gasteiger partial charge in [0.2, 0.25) is 0 Å². The van der Waals surface area contributed by atoms with Crippen LogP contribution in [0.1, 0.15) is 16.9 Å². The van der Waals surface area contributed by atoms with Gasteiger partial charge in [-0.25, -0.2) is 0 Å². The maximum atomic E-state index is 12.9. The standard InChI is InChI=1S/C16H19BrNO3P/c1-12-4-10-15(11-5-12)18-16(22(19,20-2)21-3)13-6-8-14(17)9-7-13/h4-11,16,18H,1-3H3. The minimum Gasteiger partial charge on any atom is -0.368 e. The highest BCUT2D eigenvalue weighted by molar-refractivity contribution is 9.10. The molecular formula is C16H19BrNO3P. The van der Waals surface area contributed by atoms with Gasteiger partial charge >= 0.3 is 7.60 Å². The molecule has 0 fully saturated rings. The molecule has 22 heavy (non-hydrogen) atoms. The molecule has 2 aromatic rings. The zero-order chi connectivity index (χ0) is 16.2. The second kappa shape index (κ2) is 7.42. The van der Waals surface area contributed by atoms with Gasteiger partial charge in [-0.2, -0.15) is 0 Å². The Morgan fingerprint density at radius 2 is 1.55 bits per heavy atom. The van der Waals surface area contributed by atoms with Crippen LogP contribution >= 0.6 is 23.5 Å². The molecule has 0 radical (unpaired) electrons. The Morgan fingerprint density at radius 3 is 2.05 bits per heavy atom. The summed E-state index contributed by atoms with van der Waals surface area (Å²) in [6.45, 7) is 2.02. The summed E-state index contributed by atoms with van der Waals surface area (Å²) in [6, 6.07) is 15.4. The highest BCUT2D eigenvalue weighted by Gasteiger charge is 2.35. The van der Waals surface area contributed by atoms with Gasteiger partial charge in [-0.1, -0.05) is 45.8 Å². The van der Waals surface area contributed by atoms with E-state index in [9.17, 15) is 4.57 Å². The first-order chi connectivity index (χ1) is 10.5. The fourth-order valence-corrected chi connectivity index (χ4v) is 3.76. The number of rotatable bonds is 6. The van der Waals surface area contributed by atoms with Crippen LogP contribution in [0, 0.1) is 6.92 Å². The van der Waals surface area contributed by atoms with Crippen LogP contribution in [-0.4, -0.2) is 14.2 Å². The number of anilines is 1. The molecule has 0 saturated heterocycles. The molecule has 0 heterocycles. The SMILES string of the molecule is COP(=O)(OC)C(Nc1ccc(C)cc1)c1ccc(Br)cc1. The summed E-state index contributed by atoms with van der Waals surface area (Å²) < 4.78 is 24.2. The molecule has 0 bridgehead atoms. The Balaban J connectivity index is 2.39. The number of hydrogen-bond acceptors (Lipinski definition) is 4. The van der Waals surface area contributed by atoms with Gasteiger partial charge in [0, 0.05) is 24.4 Å². The summed E-state index contributed by atoms with van der Waals surface area (Å²) in [5.74, 6) is -0.585. The number of halogens is 1. The van der Waals surface area contributed by atoms with Crippen LogP contribution in [0.25, 0.3) is 0 Å². The zero-order valence-electron chi connectivity index (χ0n) is 12.7. The van der Waals surface area contributed by atoms with E-state index in [0.29, 0.717) is 0 Å². The Morgan fingerprint density at radius 1 is 1.00 bits per heavy atom. The van der Waals surface area contributed by atoms with Crippen molar-refractivity contribution in [2.45, 2.75) is 12.7 Å². The highest BCUT2D eigenvalue weighted by atomic mass is 79.9. The van der Waals surface area contributed by atoms with Crippen LogP contribution < -0.4 is 5.32 Å². The highest BCUT2D eigenvalue weighted by Crippen LogP contribution is 2.59.